The molecular formula is C25H25FN4O. The summed E-state index contributed by atoms with van der Waals surface area (Å²) in [6.45, 7) is 1.44. The summed E-state index contributed by atoms with van der Waals surface area (Å²) in [6, 6.07) is 18.5. The standard InChI is InChI=1S/C25H25FN4O/c26-20-10-4-5-11-22(20)29-24-27-15-12-21(28-24)18-7-6-16-30(17-18)23(31)25(13-14-25)19-8-2-1-3-9-19/h1-5,8-12,15,18H,6-7,13-14,16-17H2,(H,27,28,29). The van der Waals surface area contributed by atoms with Crippen LogP contribution >= 0.6 is 0 Å². The van der Waals surface area contributed by atoms with Crippen molar-refractivity contribution in [1.82, 2.24) is 14.9 Å². The van der Waals surface area contributed by atoms with E-state index in [9.17, 15) is 9.18 Å². The van der Waals surface area contributed by atoms with Crippen molar-refractivity contribution in [1.29, 1.82) is 0 Å². The molecule has 31 heavy (non-hydrogen) atoms. The first-order chi connectivity index (χ1) is 15.2. The van der Waals surface area contributed by atoms with E-state index in [0.717, 1.165) is 43.5 Å². The number of aromatic nitrogens is 2. The third kappa shape index (κ3) is 3.90. The maximum Gasteiger partial charge on any atom is 0.233 e. The van der Waals surface area contributed by atoms with Crippen LogP contribution in [0, 0.1) is 5.82 Å². The monoisotopic (exact) mass is 416 g/mol. The summed E-state index contributed by atoms with van der Waals surface area (Å²) < 4.78 is 14.0. The summed E-state index contributed by atoms with van der Waals surface area (Å²) in [5.41, 5.74) is 2.02. The van der Waals surface area contributed by atoms with Crippen LogP contribution in [0.5, 0.6) is 0 Å². The van der Waals surface area contributed by atoms with Crippen LogP contribution in [0.4, 0.5) is 16.0 Å². The maximum atomic E-state index is 14.0. The molecular weight excluding hydrogens is 391 g/mol. The number of rotatable bonds is 5. The van der Waals surface area contributed by atoms with Gasteiger partial charge < -0.3 is 10.2 Å². The van der Waals surface area contributed by atoms with Gasteiger partial charge in [0.1, 0.15) is 5.82 Å². The molecule has 0 spiro atoms. The molecule has 1 amide bonds. The molecule has 0 radical (unpaired) electrons. The van der Waals surface area contributed by atoms with Gasteiger partial charge in [-0.3, -0.25) is 4.79 Å². The van der Waals surface area contributed by atoms with Gasteiger partial charge in [0.15, 0.2) is 0 Å². The molecule has 1 N–H and O–H groups in total. The molecule has 3 aromatic rings. The van der Waals surface area contributed by atoms with E-state index in [4.69, 9.17) is 0 Å². The highest BCUT2D eigenvalue weighted by atomic mass is 19.1. The van der Waals surface area contributed by atoms with E-state index in [1.807, 2.05) is 29.2 Å². The zero-order valence-electron chi connectivity index (χ0n) is 17.3. The van der Waals surface area contributed by atoms with Gasteiger partial charge in [0.05, 0.1) is 16.8 Å². The molecule has 1 atom stereocenters. The van der Waals surface area contributed by atoms with Crippen molar-refractivity contribution < 1.29 is 9.18 Å². The Kier molecular flexibility index (Phi) is 5.14. The van der Waals surface area contributed by atoms with Gasteiger partial charge in [-0.25, -0.2) is 14.4 Å². The molecule has 1 saturated carbocycles. The maximum absolute atomic E-state index is 14.0. The lowest BCUT2D eigenvalue weighted by atomic mass is 9.90. The number of carbonyl (C=O) groups is 1. The van der Waals surface area contributed by atoms with Crippen LogP contribution in [0.2, 0.25) is 0 Å². The summed E-state index contributed by atoms with van der Waals surface area (Å²) in [4.78, 5) is 24.3. The molecule has 1 saturated heterocycles. The molecule has 2 aliphatic rings. The number of carbonyl (C=O) groups excluding carboxylic acids is 1. The molecule has 2 aromatic carbocycles. The summed E-state index contributed by atoms with van der Waals surface area (Å²) >= 11 is 0. The van der Waals surface area contributed by atoms with Gasteiger partial charge in [-0.1, -0.05) is 42.5 Å². The van der Waals surface area contributed by atoms with Crippen LogP contribution in [0.1, 0.15) is 42.9 Å². The van der Waals surface area contributed by atoms with Gasteiger partial charge in [0.25, 0.3) is 0 Å². The summed E-state index contributed by atoms with van der Waals surface area (Å²) in [6.07, 6.45) is 5.45. The van der Waals surface area contributed by atoms with Crippen LogP contribution in [-0.4, -0.2) is 33.9 Å². The molecule has 2 fully saturated rings. The van der Waals surface area contributed by atoms with E-state index in [1.54, 1.807) is 24.4 Å². The van der Waals surface area contributed by atoms with Crippen molar-refractivity contribution in [2.45, 2.75) is 37.0 Å². The highest BCUT2D eigenvalue weighted by Gasteiger charge is 2.53. The molecule has 5 nitrogen and oxygen atoms in total. The fraction of sp³-hybridized carbons (Fsp3) is 0.320. The van der Waals surface area contributed by atoms with Crippen LogP contribution in [0.15, 0.2) is 66.9 Å². The van der Waals surface area contributed by atoms with Crippen molar-refractivity contribution in [3.63, 3.8) is 0 Å². The lowest BCUT2D eigenvalue weighted by molar-refractivity contribution is -0.135. The van der Waals surface area contributed by atoms with Gasteiger partial charge in [-0.15, -0.1) is 0 Å². The zero-order valence-corrected chi connectivity index (χ0v) is 17.3. The molecule has 1 unspecified atom stereocenters. The van der Waals surface area contributed by atoms with Crippen LogP contribution in [0.3, 0.4) is 0 Å². The average Bonchev–Trinajstić information content (AvgIpc) is 3.63. The Morgan fingerprint density at radius 2 is 1.84 bits per heavy atom. The van der Waals surface area contributed by atoms with Gasteiger partial charge in [-0.05, 0) is 49.4 Å². The molecule has 1 aromatic heterocycles. The quantitative estimate of drug-likeness (QED) is 0.649. The number of para-hydroxylation sites is 1. The van der Waals surface area contributed by atoms with E-state index in [2.05, 4.69) is 27.4 Å². The summed E-state index contributed by atoms with van der Waals surface area (Å²) in [5.74, 6) is 0.409. The average molecular weight is 417 g/mol. The van der Waals surface area contributed by atoms with Crippen molar-refractivity contribution in [2.24, 2.45) is 0 Å². The number of anilines is 2. The van der Waals surface area contributed by atoms with Crippen LogP contribution in [-0.2, 0) is 10.2 Å². The highest BCUT2D eigenvalue weighted by Crippen LogP contribution is 2.50. The number of nitrogens with zero attached hydrogens (tertiary/aromatic N) is 3. The number of hydrogen-bond acceptors (Lipinski definition) is 4. The van der Waals surface area contributed by atoms with Gasteiger partial charge in [-0.2, -0.15) is 0 Å². The minimum Gasteiger partial charge on any atom is -0.341 e. The Hall–Kier alpha value is -3.28. The smallest absolute Gasteiger partial charge is 0.233 e. The Bertz CT molecular complexity index is 1080. The number of hydrogen-bond donors (Lipinski definition) is 1. The number of likely N-dealkylation sites (tertiary alicyclic amines) is 1. The lowest BCUT2D eigenvalue weighted by Gasteiger charge is -2.35. The van der Waals surface area contributed by atoms with Crippen LogP contribution < -0.4 is 5.32 Å². The fourth-order valence-electron chi connectivity index (χ4n) is 4.56. The second-order valence-corrected chi connectivity index (χ2v) is 8.45. The second kappa shape index (κ2) is 8.10. The Labute approximate surface area is 181 Å². The normalized spacial score (nSPS) is 19.6. The molecule has 158 valence electrons. The topological polar surface area (TPSA) is 58.1 Å². The molecule has 1 aliphatic carbocycles. The van der Waals surface area contributed by atoms with Crippen molar-refractivity contribution in [3.8, 4) is 0 Å². The third-order valence-electron chi connectivity index (χ3n) is 6.41. The third-order valence-corrected chi connectivity index (χ3v) is 6.41. The van der Waals surface area contributed by atoms with Crippen molar-refractivity contribution >= 4 is 17.5 Å². The summed E-state index contributed by atoms with van der Waals surface area (Å²) in [7, 11) is 0. The van der Waals surface area contributed by atoms with E-state index in [0.29, 0.717) is 18.2 Å². The van der Waals surface area contributed by atoms with Gasteiger partial charge in [0.2, 0.25) is 11.9 Å². The SMILES string of the molecule is O=C(N1CCCC(c2ccnc(Nc3ccccc3F)n2)C1)C1(c2ccccc2)CC1. The van der Waals surface area contributed by atoms with Gasteiger partial charge in [0, 0.05) is 25.2 Å². The molecule has 5 rings (SSSR count). The Balaban J connectivity index is 1.32. The van der Waals surface area contributed by atoms with E-state index < -0.39 is 0 Å². The number of benzene rings is 2. The Morgan fingerprint density at radius 1 is 1.06 bits per heavy atom. The van der Waals surface area contributed by atoms with Crippen LogP contribution in [0.25, 0.3) is 0 Å². The van der Waals surface area contributed by atoms with E-state index in [1.165, 1.54) is 6.07 Å². The largest absolute Gasteiger partial charge is 0.341 e. The Morgan fingerprint density at radius 3 is 2.61 bits per heavy atom. The van der Waals surface area contributed by atoms with Crippen molar-refractivity contribution in [3.05, 3.63) is 83.9 Å². The van der Waals surface area contributed by atoms with E-state index in [-0.39, 0.29) is 23.1 Å². The fourth-order valence-corrected chi connectivity index (χ4v) is 4.56. The summed E-state index contributed by atoms with van der Waals surface area (Å²) in [5, 5.41) is 2.96. The number of piperidine rings is 1. The second-order valence-electron chi connectivity index (χ2n) is 8.45. The minimum absolute atomic E-state index is 0.147. The van der Waals surface area contributed by atoms with Crippen molar-refractivity contribution in [2.75, 3.05) is 18.4 Å². The first-order valence-corrected chi connectivity index (χ1v) is 10.9. The van der Waals surface area contributed by atoms with E-state index >= 15 is 0 Å². The predicted molar refractivity (Wildman–Crippen MR) is 118 cm³/mol. The molecule has 6 heteroatoms. The van der Waals surface area contributed by atoms with Gasteiger partial charge >= 0.3 is 0 Å². The first-order valence-electron chi connectivity index (χ1n) is 10.9. The number of amides is 1. The highest BCUT2D eigenvalue weighted by molar-refractivity contribution is 5.91. The first kappa shape index (κ1) is 19.7. The molecule has 2 heterocycles. The molecule has 1 aliphatic heterocycles. The minimum atomic E-state index is -0.346. The lowest BCUT2D eigenvalue weighted by Crippen LogP contribution is -2.44. The number of halogens is 1. The zero-order chi connectivity index (χ0) is 21.3. The predicted octanol–water partition coefficient (Wildman–Crippen LogP) is 4.80. The molecule has 0 bridgehead atoms. The number of nitrogens with one attached hydrogen (secondary N) is 1.